The topological polar surface area (TPSA) is 26.0 Å². The fraction of sp³-hybridized carbons (Fsp3) is 0.143. The van der Waals surface area contributed by atoms with Crippen molar-refractivity contribution < 1.29 is 0 Å². The lowest BCUT2D eigenvalue weighted by molar-refractivity contribution is 0.716. The van der Waals surface area contributed by atoms with Gasteiger partial charge in [-0.15, -0.1) is 0 Å². The average Bonchev–Trinajstić information content (AvgIpc) is 2.61. The van der Waals surface area contributed by atoms with Gasteiger partial charge in [0.15, 0.2) is 0 Å². The molecule has 3 aromatic carbocycles. The summed E-state index contributed by atoms with van der Waals surface area (Å²) in [4.78, 5) is 0. The summed E-state index contributed by atoms with van der Waals surface area (Å²) >= 11 is 0. The Bertz CT molecular complexity index is 671. The Labute approximate surface area is 139 Å². The molecule has 0 radical (unpaired) electrons. The van der Waals surface area contributed by atoms with Gasteiger partial charge >= 0.3 is 0 Å². The Kier molecular flexibility index (Phi) is 5.23. The second-order valence-electron chi connectivity index (χ2n) is 5.76. The van der Waals surface area contributed by atoms with Gasteiger partial charge in [0.1, 0.15) is 0 Å². The summed E-state index contributed by atoms with van der Waals surface area (Å²) < 4.78 is 0. The van der Waals surface area contributed by atoms with Crippen LogP contribution in [0.15, 0.2) is 91.0 Å². The van der Waals surface area contributed by atoms with Crippen LogP contribution in [0.2, 0.25) is 0 Å². The van der Waals surface area contributed by atoms with Crippen molar-refractivity contribution in [3.05, 3.63) is 96.6 Å². The van der Waals surface area contributed by atoms with Crippen LogP contribution in [-0.4, -0.2) is 6.04 Å². The molecule has 0 aliphatic rings. The highest BCUT2D eigenvalue weighted by atomic mass is 31.1. The molecule has 0 aromatic heterocycles. The zero-order valence-electron chi connectivity index (χ0n) is 13.3. The number of hydrogen-bond donors (Lipinski definition) is 1. The molecule has 0 aliphatic carbocycles. The molecule has 0 amide bonds. The molecule has 0 fully saturated rings. The van der Waals surface area contributed by atoms with Crippen LogP contribution in [0.3, 0.4) is 0 Å². The second-order valence-corrected chi connectivity index (χ2v) is 8.08. The Morgan fingerprint density at radius 2 is 1.04 bits per heavy atom. The molecule has 3 rings (SSSR count). The van der Waals surface area contributed by atoms with Gasteiger partial charge in [0.05, 0.1) is 0 Å². The molecule has 0 saturated heterocycles. The second kappa shape index (κ2) is 7.55. The van der Waals surface area contributed by atoms with Gasteiger partial charge in [-0.05, 0) is 31.0 Å². The minimum absolute atomic E-state index is 0.0870. The van der Waals surface area contributed by atoms with Gasteiger partial charge in [0.2, 0.25) is 0 Å². The third-order valence-corrected chi connectivity index (χ3v) is 7.02. The van der Waals surface area contributed by atoms with Gasteiger partial charge in [-0.1, -0.05) is 91.0 Å². The lowest BCUT2D eigenvalue weighted by Gasteiger charge is -2.32. The van der Waals surface area contributed by atoms with Crippen LogP contribution in [0.5, 0.6) is 0 Å². The first-order chi connectivity index (χ1) is 11.3. The van der Waals surface area contributed by atoms with Crippen molar-refractivity contribution in [2.75, 3.05) is 0 Å². The van der Waals surface area contributed by atoms with Crippen LogP contribution in [0.25, 0.3) is 0 Å². The van der Waals surface area contributed by atoms with Crippen LogP contribution in [0.4, 0.5) is 0 Å². The zero-order chi connectivity index (χ0) is 16.1. The van der Waals surface area contributed by atoms with Crippen LogP contribution in [0.1, 0.15) is 18.1 Å². The fourth-order valence-electron chi connectivity index (χ4n) is 2.99. The van der Waals surface area contributed by atoms with E-state index in [1.807, 2.05) is 0 Å². The molecule has 0 heterocycles. The molecule has 116 valence electrons. The van der Waals surface area contributed by atoms with Crippen molar-refractivity contribution in [3.63, 3.8) is 0 Å². The largest absolute Gasteiger partial charge is 0.327 e. The third-order valence-electron chi connectivity index (χ3n) is 3.99. The molecule has 0 spiro atoms. The number of nitrogens with two attached hydrogens (primary N) is 1. The first-order valence-corrected chi connectivity index (χ1v) is 9.38. The molecule has 2 heteroatoms. The van der Waals surface area contributed by atoms with E-state index in [-0.39, 0.29) is 6.04 Å². The van der Waals surface area contributed by atoms with Crippen LogP contribution in [-0.2, 0) is 0 Å². The molecule has 2 N–H and O–H groups in total. The summed E-state index contributed by atoms with van der Waals surface area (Å²) in [6.07, 6.45) is 0. The SMILES string of the molecule is C[C@@H](N)C(c1ccccc1)P(c1ccccc1)c1ccccc1. The normalized spacial score (nSPS) is 13.7. The maximum Gasteiger partial charge on any atom is 0.0271 e. The van der Waals surface area contributed by atoms with E-state index in [2.05, 4.69) is 97.9 Å². The summed E-state index contributed by atoms with van der Waals surface area (Å²) in [5.41, 5.74) is 8.08. The fourth-order valence-corrected chi connectivity index (χ4v) is 5.85. The van der Waals surface area contributed by atoms with E-state index < -0.39 is 7.92 Å². The molecule has 1 unspecified atom stereocenters. The van der Waals surface area contributed by atoms with Crippen molar-refractivity contribution in [1.82, 2.24) is 0 Å². The van der Waals surface area contributed by atoms with Crippen LogP contribution < -0.4 is 16.3 Å². The van der Waals surface area contributed by atoms with E-state index in [9.17, 15) is 0 Å². The maximum atomic E-state index is 6.46. The van der Waals surface area contributed by atoms with E-state index in [0.29, 0.717) is 5.66 Å². The molecule has 2 atom stereocenters. The Morgan fingerprint density at radius 3 is 1.43 bits per heavy atom. The first-order valence-electron chi connectivity index (χ1n) is 7.97. The average molecular weight is 319 g/mol. The zero-order valence-corrected chi connectivity index (χ0v) is 14.2. The van der Waals surface area contributed by atoms with E-state index in [0.717, 1.165) is 0 Å². The highest BCUT2D eigenvalue weighted by molar-refractivity contribution is 7.73. The van der Waals surface area contributed by atoms with Gasteiger partial charge < -0.3 is 5.73 Å². The molecular formula is C21H22NP. The van der Waals surface area contributed by atoms with Crippen molar-refractivity contribution in [1.29, 1.82) is 0 Å². The quantitative estimate of drug-likeness (QED) is 0.701. The van der Waals surface area contributed by atoms with E-state index in [4.69, 9.17) is 5.73 Å². The van der Waals surface area contributed by atoms with Crippen LogP contribution in [0, 0.1) is 0 Å². The lowest BCUT2D eigenvalue weighted by atomic mass is 10.1. The summed E-state index contributed by atoms with van der Waals surface area (Å²) in [6.45, 7) is 2.12. The van der Waals surface area contributed by atoms with Crippen molar-refractivity contribution in [2.45, 2.75) is 18.6 Å². The Hall–Kier alpha value is -1.95. The monoisotopic (exact) mass is 319 g/mol. The number of rotatable bonds is 5. The van der Waals surface area contributed by atoms with E-state index in [1.54, 1.807) is 0 Å². The molecule has 0 bridgehead atoms. The summed E-state index contributed by atoms with van der Waals surface area (Å²) in [5, 5.41) is 2.75. The molecule has 0 saturated carbocycles. The van der Waals surface area contributed by atoms with Gasteiger partial charge in [-0.3, -0.25) is 0 Å². The third kappa shape index (κ3) is 3.69. The minimum atomic E-state index is -0.555. The first kappa shape index (κ1) is 15.9. The highest BCUT2D eigenvalue weighted by Crippen LogP contribution is 2.50. The molecular weight excluding hydrogens is 297 g/mol. The standard InChI is InChI=1S/C21H22NP/c1-17(22)21(18-11-5-2-6-12-18)23(19-13-7-3-8-14-19)20-15-9-4-10-16-20/h2-17,21H,22H2,1H3/t17-,21?/m1/s1. The minimum Gasteiger partial charge on any atom is -0.327 e. The van der Waals surface area contributed by atoms with Crippen molar-refractivity contribution in [2.24, 2.45) is 5.73 Å². The molecule has 3 aromatic rings. The number of hydrogen-bond acceptors (Lipinski definition) is 1. The van der Waals surface area contributed by atoms with Gasteiger partial charge in [-0.2, -0.15) is 0 Å². The summed E-state index contributed by atoms with van der Waals surface area (Å²) in [7, 11) is -0.555. The molecule has 0 aliphatic heterocycles. The molecule has 1 nitrogen and oxygen atoms in total. The Morgan fingerprint density at radius 1 is 0.652 bits per heavy atom. The van der Waals surface area contributed by atoms with E-state index in [1.165, 1.54) is 16.2 Å². The van der Waals surface area contributed by atoms with Gasteiger partial charge in [0.25, 0.3) is 0 Å². The smallest absolute Gasteiger partial charge is 0.0271 e. The summed E-state index contributed by atoms with van der Waals surface area (Å²) in [6, 6.07) is 32.3. The maximum absolute atomic E-state index is 6.46. The predicted octanol–water partition coefficient (Wildman–Crippen LogP) is 4.21. The van der Waals surface area contributed by atoms with Crippen molar-refractivity contribution in [3.8, 4) is 0 Å². The Balaban J connectivity index is 2.13. The van der Waals surface area contributed by atoms with E-state index >= 15 is 0 Å². The van der Waals surface area contributed by atoms with Crippen LogP contribution >= 0.6 is 7.92 Å². The van der Waals surface area contributed by atoms with Gasteiger partial charge in [0, 0.05) is 11.7 Å². The highest BCUT2D eigenvalue weighted by Gasteiger charge is 2.28. The predicted molar refractivity (Wildman–Crippen MR) is 102 cm³/mol. The molecule has 23 heavy (non-hydrogen) atoms. The summed E-state index contributed by atoms with van der Waals surface area (Å²) in [5.74, 6) is 0. The van der Waals surface area contributed by atoms with Gasteiger partial charge in [-0.25, -0.2) is 0 Å². The van der Waals surface area contributed by atoms with Crippen molar-refractivity contribution >= 4 is 18.5 Å². The number of benzene rings is 3. The lowest BCUT2D eigenvalue weighted by Crippen LogP contribution is -2.29.